The van der Waals surface area contributed by atoms with Gasteiger partial charge in [-0.25, -0.2) is 0 Å². The average molecular weight is 226 g/mol. The summed E-state index contributed by atoms with van der Waals surface area (Å²) in [7, 11) is 0. The topological polar surface area (TPSA) is 0 Å². The molecule has 1 aromatic rings. The number of benzene rings is 1. The van der Waals surface area contributed by atoms with Gasteiger partial charge < -0.3 is 0 Å². The van der Waals surface area contributed by atoms with Crippen molar-refractivity contribution in [2.75, 3.05) is 0 Å². The Morgan fingerprint density at radius 3 is 1.71 bits per heavy atom. The van der Waals surface area contributed by atoms with Crippen LogP contribution in [0, 0.1) is 11.8 Å². The van der Waals surface area contributed by atoms with E-state index in [-0.39, 0.29) is 0 Å². The summed E-state index contributed by atoms with van der Waals surface area (Å²) in [5, 5.41) is 3.04. The zero-order valence-electron chi connectivity index (χ0n) is 11.0. The standard InChI is InChI=1S/C17H22/c1-12-14-8-4-3-5-9-15(14)13(2)17-11-7-6-10-16(12)17/h6-7,10-11,14-15H,3-5,8-9H2,1-2H3. The Labute approximate surface area is 104 Å². The fraction of sp³-hybridized carbons (Fsp3) is 0.529. The van der Waals surface area contributed by atoms with Gasteiger partial charge in [-0.05, 0) is 49.0 Å². The van der Waals surface area contributed by atoms with E-state index in [9.17, 15) is 0 Å². The lowest BCUT2D eigenvalue weighted by Crippen LogP contribution is -2.38. The third kappa shape index (κ3) is 1.74. The third-order valence-electron chi connectivity index (χ3n) is 4.91. The lowest BCUT2D eigenvalue weighted by atomic mass is 9.74. The summed E-state index contributed by atoms with van der Waals surface area (Å²) in [6.07, 6.45) is 7.09. The lowest BCUT2D eigenvalue weighted by Gasteiger charge is -2.30. The van der Waals surface area contributed by atoms with Crippen molar-refractivity contribution in [1.29, 1.82) is 0 Å². The second-order valence-corrected chi connectivity index (χ2v) is 5.76. The van der Waals surface area contributed by atoms with Gasteiger partial charge in [0.2, 0.25) is 0 Å². The van der Waals surface area contributed by atoms with Crippen molar-refractivity contribution in [3.63, 3.8) is 0 Å². The van der Waals surface area contributed by atoms with Gasteiger partial charge in [-0.3, -0.25) is 0 Å². The maximum absolute atomic E-state index is 2.37. The fourth-order valence-corrected chi connectivity index (χ4v) is 3.91. The van der Waals surface area contributed by atoms with Gasteiger partial charge >= 0.3 is 0 Å². The van der Waals surface area contributed by atoms with E-state index in [1.807, 2.05) is 0 Å². The van der Waals surface area contributed by atoms with E-state index >= 15 is 0 Å². The van der Waals surface area contributed by atoms with Crippen LogP contribution in [0.2, 0.25) is 0 Å². The van der Waals surface area contributed by atoms with Crippen LogP contribution < -0.4 is 10.4 Å². The maximum atomic E-state index is 2.37. The van der Waals surface area contributed by atoms with Gasteiger partial charge in [0.1, 0.15) is 0 Å². The molecule has 0 spiro atoms. The second kappa shape index (κ2) is 4.33. The predicted octanol–water partition coefficient (Wildman–Crippen LogP) is 3.24. The highest BCUT2D eigenvalue weighted by molar-refractivity contribution is 5.60. The van der Waals surface area contributed by atoms with E-state index in [4.69, 9.17) is 0 Å². The summed E-state index contributed by atoms with van der Waals surface area (Å²) >= 11 is 0. The minimum Gasteiger partial charge on any atom is -0.0618 e. The zero-order valence-corrected chi connectivity index (χ0v) is 11.0. The first-order valence-corrected chi connectivity index (χ1v) is 7.05. The largest absolute Gasteiger partial charge is 0.0618 e. The van der Waals surface area contributed by atoms with Crippen LogP contribution in [0.15, 0.2) is 24.3 Å². The Bertz CT molecular complexity index is 486. The van der Waals surface area contributed by atoms with E-state index in [2.05, 4.69) is 38.1 Å². The van der Waals surface area contributed by atoms with E-state index in [1.165, 1.54) is 42.5 Å². The summed E-state index contributed by atoms with van der Waals surface area (Å²) in [5.41, 5.74) is 3.30. The van der Waals surface area contributed by atoms with E-state index in [1.54, 1.807) is 11.1 Å². The van der Waals surface area contributed by atoms with Crippen molar-refractivity contribution in [1.82, 2.24) is 0 Å². The van der Waals surface area contributed by atoms with Gasteiger partial charge in [0.15, 0.2) is 0 Å². The van der Waals surface area contributed by atoms with E-state index in [0.717, 1.165) is 11.8 Å². The summed E-state index contributed by atoms with van der Waals surface area (Å²) < 4.78 is 0. The molecule has 0 N–H and O–H groups in total. The molecule has 0 heterocycles. The van der Waals surface area contributed by atoms with Crippen LogP contribution in [0.25, 0.3) is 11.1 Å². The smallest absolute Gasteiger partial charge is 0.0131 e. The molecule has 0 aliphatic heterocycles. The van der Waals surface area contributed by atoms with Gasteiger partial charge in [-0.2, -0.15) is 0 Å². The highest BCUT2D eigenvalue weighted by atomic mass is 14.3. The Balaban J connectivity index is 2.26. The van der Waals surface area contributed by atoms with E-state index in [0.29, 0.717) is 0 Å². The first kappa shape index (κ1) is 11.1. The van der Waals surface area contributed by atoms with E-state index < -0.39 is 0 Å². The predicted molar refractivity (Wildman–Crippen MR) is 73.9 cm³/mol. The highest BCUT2D eigenvalue weighted by Gasteiger charge is 2.29. The van der Waals surface area contributed by atoms with Gasteiger partial charge in [-0.15, -0.1) is 0 Å². The van der Waals surface area contributed by atoms with Crippen LogP contribution in [-0.2, 0) is 0 Å². The molecule has 2 atom stereocenters. The molecule has 2 unspecified atom stereocenters. The monoisotopic (exact) mass is 226 g/mol. The molecule has 0 aromatic heterocycles. The molecular weight excluding hydrogens is 204 g/mol. The first-order chi connectivity index (χ1) is 8.29. The molecule has 0 amide bonds. The van der Waals surface area contributed by atoms with Crippen molar-refractivity contribution in [2.45, 2.75) is 46.0 Å². The maximum Gasteiger partial charge on any atom is -0.0131 e. The molecule has 1 saturated carbocycles. The van der Waals surface area contributed by atoms with Crippen LogP contribution in [-0.4, -0.2) is 0 Å². The zero-order chi connectivity index (χ0) is 11.8. The Hall–Kier alpha value is -1.04. The fourth-order valence-electron chi connectivity index (χ4n) is 3.91. The molecule has 2 aliphatic carbocycles. The van der Waals surface area contributed by atoms with Crippen molar-refractivity contribution < 1.29 is 0 Å². The normalized spacial score (nSPS) is 28.4. The van der Waals surface area contributed by atoms with Crippen molar-refractivity contribution in [3.8, 4) is 0 Å². The molecule has 3 rings (SSSR count). The van der Waals surface area contributed by atoms with Crippen molar-refractivity contribution in [3.05, 3.63) is 34.7 Å². The molecule has 1 aromatic carbocycles. The Morgan fingerprint density at radius 2 is 1.24 bits per heavy atom. The summed E-state index contributed by atoms with van der Waals surface area (Å²) in [6, 6.07) is 9.00. The van der Waals surface area contributed by atoms with Crippen molar-refractivity contribution >= 4 is 11.1 Å². The number of hydrogen-bond acceptors (Lipinski definition) is 0. The van der Waals surface area contributed by atoms with Crippen LogP contribution in [0.3, 0.4) is 0 Å². The molecular formula is C17H22. The van der Waals surface area contributed by atoms with Crippen LogP contribution in [0.5, 0.6) is 0 Å². The summed E-state index contributed by atoms with van der Waals surface area (Å²) in [4.78, 5) is 0. The Kier molecular flexibility index (Phi) is 2.82. The molecule has 0 bridgehead atoms. The van der Waals surface area contributed by atoms with Gasteiger partial charge in [0, 0.05) is 0 Å². The molecule has 0 nitrogen and oxygen atoms in total. The Morgan fingerprint density at radius 1 is 0.765 bits per heavy atom. The first-order valence-electron chi connectivity index (χ1n) is 7.05. The summed E-state index contributed by atoms with van der Waals surface area (Å²) in [6.45, 7) is 4.74. The van der Waals surface area contributed by atoms with Crippen molar-refractivity contribution in [2.24, 2.45) is 11.8 Å². The number of rotatable bonds is 0. The number of hydrogen-bond donors (Lipinski definition) is 0. The van der Waals surface area contributed by atoms with Gasteiger partial charge in [-0.1, -0.05) is 54.7 Å². The molecule has 17 heavy (non-hydrogen) atoms. The molecule has 0 saturated heterocycles. The SMILES string of the molecule is CC1=c2ccccc2=C(C)C2CCCCCC12. The lowest BCUT2D eigenvalue weighted by molar-refractivity contribution is 0.462. The van der Waals surface area contributed by atoms with Gasteiger partial charge in [0.25, 0.3) is 0 Å². The minimum absolute atomic E-state index is 0.826. The molecule has 0 radical (unpaired) electrons. The molecule has 0 heteroatoms. The second-order valence-electron chi connectivity index (χ2n) is 5.76. The van der Waals surface area contributed by atoms with Crippen LogP contribution >= 0.6 is 0 Å². The number of fused-ring (bicyclic) bond motifs is 2. The molecule has 90 valence electrons. The molecule has 1 fully saturated rings. The highest BCUT2D eigenvalue weighted by Crippen LogP contribution is 2.39. The quantitative estimate of drug-likeness (QED) is 0.637. The van der Waals surface area contributed by atoms with Crippen LogP contribution in [0.1, 0.15) is 46.0 Å². The van der Waals surface area contributed by atoms with Gasteiger partial charge in [0.05, 0.1) is 0 Å². The average Bonchev–Trinajstić information content (AvgIpc) is 2.62. The third-order valence-corrected chi connectivity index (χ3v) is 4.91. The minimum atomic E-state index is 0.826. The van der Waals surface area contributed by atoms with Crippen LogP contribution in [0.4, 0.5) is 0 Å². The molecule has 2 aliphatic rings. The summed E-state index contributed by atoms with van der Waals surface area (Å²) in [5.74, 6) is 1.65.